The van der Waals surface area contributed by atoms with E-state index in [2.05, 4.69) is 25.3 Å². The monoisotopic (exact) mass is 451 g/mol. The van der Waals surface area contributed by atoms with Crippen LogP contribution in [-0.2, 0) is 9.53 Å². The van der Waals surface area contributed by atoms with Crippen LogP contribution in [-0.4, -0.2) is 53.4 Å². The number of nitrogens with one attached hydrogen (secondary N) is 1. The molecule has 0 aliphatic carbocycles. The van der Waals surface area contributed by atoms with Crippen LogP contribution in [0.3, 0.4) is 0 Å². The normalized spacial score (nSPS) is 19.1. The van der Waals surface area contributed by atoms with E-state index in [1.807, 2.05) is 12.1 Å². The summed E-state index contributed by atoms with van der Waals surface area (Å²) in [5.41, 5.74) is 1.26. The molecule has 2 aliphatic heterocycles. The minimum Gasteiger partial charge on any atom is -0.376 e. The van der Waals surface area contributed by atoms with Gasteiger partial charge in [0, 0.05) is 43.9 Å². The second-order valence-corrected chi connectivity index (χ2v) is 8.45. The van der Waals surface area contributed by atoms with Crippen LogP contribution in [0.2, 0.25) is 0 Å². The van der Waals surface area contributed by atoms with Gasteiger partial charge in [0.2, 0.25) is 11.7 Å². The van der Waals surface area contributed by atoms with E-state index < -0.39 is 0 Å². The van der Waals surface area contributed by atoms with E-state index in [0.29, 0.717) is 42.5 Å². The molecule has 0 radical (unpaired) electrons. The Morgan fingerprint density at radius 1 is 1.18 bits per heavy atom. The molecule has 2 aromatic heterocycles. The Bertz CT molecular complexity index is 1110. The van der Waals surface area contributed by atoms with Crippen LogP contribution in [0.1, 0.15) is 25.7 Å². The first-order chi connectivity index (χ1) is 16.2. The Labute approximate surface area is 191 Å². The molecule has 2 saturated heterocycles. The molecule has 1 amide bonds. The maximum Gasteiger partial charge on any atom is 0.261 e. The highest BCUT2D eigenvalue weighted by Gasteiger charge is 2.28. The predicted octanol–water partition coefficient (Wildman–Crippen LogP) is 3.45. The third-order valence-electron chi connectivity index (χ3n) is 6.22. The van der Waals surface area contributed by atoms with Crippen molar-refractivity contribution in [2.45, 2.75) is 31.8 Å². The van der Waals surface area contributed by atoms with Crippen molar-refractivity contribution in [3.05, 3.63) is 48.4 Å². The SMILES string of the molecule is O=C(NC[C@H]1CCCO1)C1CCN(c2ncccc2-c2nc(-c3cccc(F)c3)no2)CC1. The van der Waals surface area contributed by atoms with Crippen molar-refractivity contribution in [3.63, 3.8) is 0 Å². The zero-order chi connectivity index (χ0) is 22.6. The summed E-state index contributed by atoms with van der Waals surface area (Å²) >= 11 is 0. The summed E-state index contributed by atoms with van der Waals surface area (Å²) in [5, 5.41) is 7.07. The highest BCUT2D eigenvalue weighted by Crippen LogP contribution is 2.32. The van der Waals surface area contributed by atoms with Crippen molar-refractivity contribution < 1.29 is 18.4 Å². The van der Waals surface area contributed by atoms with Gasteiger partial charge in [-0.25, -0.2) is 9.37 Å². The van der Waals surface area contributed by atoms with Gasteiger partial charge in [0.15, 0.2) is 0 Å². The smallest absolute Gasteiger partial charge is 0.261 e. The van der Waals surface area contributed by atoms with E-state index in [9.17, 15) is 9.18 Å². The summed E-state index contributed by atoms with van der Waals surface area (Å²) in [4.78, 5) is 23.8. The minimum atomic E-state index is -0.358. The Hall–Kier alpha value is -3.33. The van der Waals surface area contributed by atoms with Gasteiger partial charge in [-0.1, -0.05) is 17.3 Å². The molecule has 1 N–H and O–H groups in total. The topological polar surface area (TPSA) is 93.4 Å². The maximum absolute atomic E-state index is 13.6. The number of anilines is 1. The first kappa shape index (κ1) is 21.5. The number of nitrogens with zero attached hydrogens (tertiary/aromatic N) is 4. The molecule has 9 heteroatoms. The summed E-state index contributed by atoms with van der Waals surface area (Å²) in [7, 11) is 0. The second kappa shape index (κ2) is 9.66. The third-order valence-corrected chi connectivity index (χ3v) is 6.22. The third kappa shape index (κ3) is 4.88. The number of pyridine rings is 1. The number of amides is 1. The Kier molecular flexibility index (Phi) is 6.30. The highest BCUT2D eigenvalue weighted by atomic mass is 19.1. The zero-order valence-corrected chi connectivity index (χ0v) is 18.2. The lowest BCUT2D eigenvalue weighted by atomic mass is 9.95. The standard InChI is InChI=1S/C24H26FN5O3/c25-18-5-1-4-17(14-18)21-28-24(33-29-21)20-7-2-10-26-22(20)30-11-8-16(9-12-30)23(31)27-15-19-6-3-13-32-19/h1-2,4-5,7,10,14,16,19H,3,6,8-9,11-13,15H2,(H,27,31)/t19-/m1/s1. The first-order valence-electron chi connectivity index (χ1n) is 11.4. The fraction of sp³-hybridized carbons (Fsp3) is 0.417. The molecule has 1 atom stereocenters. The van der Waals surface area contributed by atoms with Crippen LogP contribution >= 0.6 is 0 Å². The molecule has 33 heavy (non-hydrogen) atoms. The van der Waals surface area contributed by atoms with Crippen LogP contribution in [0, 0.1) is 11.7 Å². The summed E-state index contributed by atoms with van der Waals surface area (Å²) in [6.45, 7) is 2.78. The lowest BCUT2D eigenvalue weighted by Gasteiger charge is -2.33. The summed E-state index contributed by atoms with van der Waals surface area (Å²) in [6.07, 6.45) is 5.43. The van der Waals surface area contributed by atoms with Crippen molar-refractivity contribution in [2.24, 2.45) is 5.92 Å². The number of hydrogen-bond acceptors (Lipinski definition) is 7. The lowest BCUT2D eigenvalue weighted by molar-refractivity contribution is -0.126. The van der Waals surface area contributed by atoms with Crippen LogP contribution in [0.15, 0.2) is 47.1 Å². The molecule has 3 aromatic rings. The molecule has 8 nitrogen and oxygen atoms in total. The van der Waals surface area contributed by atoms with Gasteiger partial charge >= 0.3 is 0 Å². The Morgan fingerprint density at radius 3 is 2.85 bits per heavy atom. The molecule has 172 valence electrons. The van der Waals surface area contributed by atoms with E-state index in [-0.39, 0.29) is 23.7 Å². The zero-order valence-electron chi connectivity index (χ0n) is 18.2. The number of hydrogen-bond donors (Lipinski definition) is 1. The van der Waals surface area contributed by atoms with Gasteiger partial charge in [-0.3, -0.25) is 4.79 Å². The number of carbonyl (C=O) groups excluding carboxylic acids is 1. The molecule has 1 aromatic carbocycles. The number of ether oxygens (including phenoxy) is 1. The van der Waals surface area contributed by atoms with Crippen molar-refractivity contribution in [3.8, 4) is 22.8 Å². The first-order valence-corrected chi connectivity index (χ1v) is 11.4. The molecular formula is C24H26FN5O3. The average Bonchev–Trinajstić information content (AvgIpc) is 3.55. The number of carbonyl (C=O) groups is 1. The fourth-order valence-corrected chi connectivity index (χ4v) is 4.41. The lowest BCUT2D eigenvalue weighted by Crippen LogP contribution is -2.42. The van der Waals surface area contributed by atoms with Crippen LogP contribution < -0.4 is 10.2 Å². The van der Waals surface area contributed by atoms with Crippen LogP contribution in [0.4, 0.5) is 10.2 Å². The summed E-state index contributed by atoms with van der Waals surface area (Å²) in [5.74, 6) is 1.12. The quantitative estimate of drug-likeness (QED) is 0.614. The van der Waals surface area contributed by atoms with E-state index in [0.717, 1.165) is 38.1 Å². The van der Waals surface area contributed by atoms with Crippen LogP contribution in [0.5, 0.6) is 0 Å². The van der Waals surface area contributed by atoms with Gasteiger partial charge in [0.25, 0.3) is 5.89 Å². The maximum atomic E-state index is 13.6. The summed E-state index contributed by atoms with van der Waals surface area (Å²) in [6, 6.07) is 9.78. The molecule has 0 unspecified atom stereocenters. The second-order valence-electron chi connectivity index (χ2n) is 8.45. The highest BCUT2D eigenvalue weighted by molar-refractivity contribution is 5.79. The number of halogens is 1. The molecule has 0 spiro atoms. The predicted molar refractivity (Wildman–Crippen MR) is 120 cm³/mol. The van der Waals surface area contributed by atoms with Gasteiger partial charge in [0.1, 0.15) is 11.6 Å². The van der Waals surface area contributed by atoms with Crippen molar-refractivity contribution in [2.75, 3.05) is 31.1 Å². The van der Waals surface area contributed by atoms with Gasteiger partial charge in [-0.15, -0.1) is 0 Å². The van der Waals surface area contributed by atoms with E-state index >= 15 is 0 Å². The van der Waals surface area contributed by atoms with E-state index in [1.54, 1.807) is 18.3 Å². The minimum absolute atomic E-state index is 0.0159. The molecule has 4 heterocycles. The number of aromatic nitrogens is 3. The largest absolute Gasteiger partial charge is 0.376 e. The summed E-state index contributed by atoms with van der Waals surface area (Å²) < 4.78 is 24.6. The average molecular weight is 452 g/mol. The molecule has 5 rings (SSSR count). The number of piperidine rings is 1. The number of rotatable bonds is 6. The Morgan fingerprint density at radius 2 is 2.06 bits per heavy atom. The van der Waals surface area contributed by atoms with Gasteiger partial charge < -0.3 is 19.5 Å². The van der Waals surface area contributed by atoms with Gasteiger partial charge in [0.05, 0.1) is 11.7 Å². The van der Waals surface area contributed by atoms with Crippen molar-refractivity contribution >= 4 is 11.7 Å². The molecule has 2 fully saturated rings. The molecular weight excluding hydrogens is 425 g/mol. The molecule has 0 bridgehead atoms. The van der Waals surface area contributed by atoms with Gasteiger partial charge in [-0.2, -0.15) is 4.98 Å². The van der Waals surface area contributed by atoms with E-state index in [1.165, 1.54) is 12.1 Å². The Balaban J connectivity index is 1.25. The van der Waals surface area contributed by atoms with Crippen molar-refractivity contribution in [1.29, 1.82) is 0 Å². The molecule has 0 saturated carbocycles. The van der Waals surface area contributed by atoms with Crippen LogP contribution in [0.25, 0.3) is 22.8 Å². The molecule has 2 aliphatic rings. The fourth-order valence-electron chi connectivity index (χ4n) is 4.41. The van der Waals surface area contributed by atoms with E-state index in [4.69, 9.17) is 9.26 Å². The number of benzene rings is 1. The van der Waals surface area contributed by atoms with Gasteiger partial charge in [-0.05, 0) is 49.9 Å². The van der Waals surface area contributed by atoms with Crippen molar-refractivity contribution in [1.82, 2.24) is 20.4 Å².